The van der Waals surface area contributed by atoms with Gasteiger partial charge in [-0.15, -0.1) is 0 Å². The molecule has 0 heterocycles. The minimum atomic E-state index is -0.103. The van der Waals surface area contributed by atoms with E-state index in [1.807, 2.05) is 6.07 Å². The molecule has 0 aliphatic heterocycles. The predicted octanol–water partition coefficient (Wildman–Crippen LogP) is 3.64. The molecule has 3 aliphatic rings. The van der Waals surface area contributed by atoms with Crippen LogP contribution in [0.25, 0.3) is 0 Å². The summed E-state index contributed by atoms with van der Waals surface area (Å²) in [6.45, 7) is 3.20. The number of likely N-dealkylation sites (N-methyl/N-ethyl adjacent to an activating group) is 1. The van der Waals surface area contributed by atoms with Crippen molar-refractivity contribution in [2.45, 2.75) is 38.6 Å². The number of fused-ring (bicyclic) bond motifs is 5. The lowest BCUT2D eigenvalue weighted by Crippen LogP contribution is -2.35. The van der Waals surface area contributed by atoms with E-state index < -0.39 is 0 Å². The first kappa shape index (κ1) is 12.8. The molecule has 1 N–H and O–H groups in total. The lowest BCUT2D eigenvalue weighted by atomic mass is 9.93. The van der Waals surface area contributed by atoms with E-state index in [0.29, 0.717) is 6.04 Å². The van der Waals surface area contributed by atoms with Crippen molar-refractivity contribution in [2.75, 3.05) is 6.54 Å². The zero-order valence-corrected chi connectivity index (χ0v) is 12.2. The third kappa shape index (κ3) is 2.00. The summed E-state index contributed by atoms with van der Waals surface area (Å²) in [6, 6.07) is 7.71. The molecule has 20 heavy (non-hydrogen) atoms. The summed E-state index contributed by atoms with van der Waals surface area (Å²) in [6.07, 6.45) is 5.44. The lowest BCUT2D eigenvalue weighted by molar-refractivity contribution is 0.365. The summed E-state index contributed by atoms with van der Waals surface area (Å²) in [5, 5.41) is 3.69. The molecule has 3 fully saturated rings. The van der Waals surface area contributed by atoms with Crippen molar-refractivity contribution >= 4 is 0 Å². The molecule has 1 aromatic carbocycles. The molecule has 2 heteroatoms. The van der Waals surface area contributed by atoms with E-state index in [9.17, 15) is 4.39 Å². The zero-order chi connectivity index (χ0) is 13.7. The van der Waals surface area contributed by atoms with Crippen LogP contribution >= 0.6 is 0 Å². The van der Waals surface area contributed by atoms with Gasteiger partial charge in [-0.2, -0.15) is 0 Å². The van der Waals surface area contributed by atoms with Crippen molar-refractivity contribution in [3.8, 4) is 0 Å². The maximum absolute atomic E-state index is 13.4. The average Bonchev–Trinajstić information content (AvgIpc) is 2.86. The summed E-state index contributed by atoms with van der Waals surface area (Å²) < 4.78 is 13.4. The summed E-state index contributed by atoms with van der Waals surface area (Å²) in [7, 11) is 0. The number of hydrogen-bond donors (Lipinski definition) is 1. The monoisotopic (exact) mass is 273 g/mol. The van der Waals surface area contributed by atoms with Crippen LogP contribution in [0.15, 0.2) is 24.3 Å². The minimum absolute atomic E-state index is 0.103. The van der Waals surface area contributed by atoms with Crippen molar-refractivity contribution < 1.29 is 4.39 Å². The molecule has 2 bridgehead atoms. The lowest BCUT2D eigenvalue weighted by Gasteiger charge is -2.21. The van der Waals surface area contributed by atoms with Crippen LogP contribution in [0.1, 0.15) is 31.7 Å². The maximum atomic E-state index is 13.4. The molecule has 5 atom stereocenters. The smallest absolute Gasteiger partial charge is 0.123 e. The van der Waals surface area contributed by atoms with Crippen LogP contribution in [-0.2, 0) is 6.42 Å². The van der Waals surface area contributed by atoms with E-state index >= 15 is 0 Å². The van der Waals surface area contributed by atoms with Gasteiger partial charge in [-0.25, -0.2) is 4.39 Å². The van der Waals surface area contributed by atoms with Crippen molar-refractivity contribution in [3.63, 3.8) is 0 Å². The van der Waals surface area contributed by atoms with Gasteiger partial charge in [0.15, 0.2) is 0 Å². The second-order valence-corrected chi connectivity index (χ2v) is 7.06. The van der Waals surface area contributed by atoms with Gasteiger partial charge in [0.2, 0.25) is 0 Å². The van der Waals surface area contributed by atoms with Gasteiger partial charge in [0.05, 0.1) is 0 Å². The van der Waals surface area contributed by atoms with Crippen molar-refractivity contribution in [2.24, 2.45) is 29.6 Å². The Morgan fingerprint density at radius 2 is 2.00 bits per heavy atom. The fraction of sp³-hybridized carbons (Fsp3) is 0.667. The van der Waals surface area contributed by atoms with Crippen LogP contribution in [0.4, 0.5) is 4.39 Å². The van der Waals surface area contributed by atoms with E-state index in [4.69, 9.17) is 0 Å². The average molecular weight is 273 g/mol. The van der Waals surface area contributed by atoms with Crippen LogP contribution in [-0.4, -0.2) is 12.6 Å². The fourth-order valence-corrected chi connectivity index (χ4v) is 5.45. The summed E-state index contributed by atoms with van der Waals surface area (Å²) >= 11 is 0. The molecule has 0 saturated heterocycles. The Balaban J connectivity index is 1.49. The SMILES string of the molecule is CCNC(Cc1cccc(F)c1)C1C2C3CCC(C3)C21. The van der Waals surface area contributed by atoms with Gasteiger partial charge in [0, 0.05) is 6.04 Å². The number of rotatable bonds is 5. The highest BCUT2D eigenvalue weighted by molar-refractivity contribution is 5.21. The Hall–Kier alpha value is -0.890. The third-order valence-corrected chi connectivity index (χ3v) is 6.07. The number of benzene rings is 1. The Labute approximate surface area is 121 Å². The first-order valence-corrected chi connectivity index (χ1v) is 8.25. The summed E-state index contributed by atoms with van der Waals surface area (Å²) in [4.78, 5) is 0. The normalized spacial score (nSPS) is 38.8. The molecule has 108 valence electrons. The summed E-state index contributed by atoms with van der Waals surface area (Å²) in [5.41, 5.74) is 1.15. The first-order chi connectivity index (χ1) is 9.78. The first-order valence-electron chi connectivity index (χ1n) is 8.25. The second-order valence-electron chi connectivity index (χ2n) is 7.06. The fourth-order valence-electron chi connectivity index (χ4n) is 5.45. The summed E-state index contributed by atoms with van der Waals surface area (Å²) in [5.74, 6) is 4.78. The molecule has 3 aliphatic carbocycles. The highest BCUT2D eigenvalue weighted by Gasteiger charge is 2.66. The molecule has 3 saturated carbocycles. The van der Waals surface area contributed by atoms with Crippen molar-refractivity contribution in [1.29, 1.82) is 0 Å². The molecule has 4 rings (SSSR count). The quantitative estimate of drug-likeness (QED) is 0.863. The number of hydrogen-bond acceptors (Lipinski definition) is 1. The van der Waals surface area contributed by atoms with E-state index in [1.165, 1.54) is 25.3 Å². The van der Waals surface area contributed by atoms with E-state index in [0.717, 1.165) is 48.1 Å². The molecule has 0 spiro atoms. The van der Waals surface area contributed by atoms with E-state index in [1.54, 1.807) is 6.07 Å². The number of halogens is 1. The molecular weight excluding hydrogens is 249 g/mol. The van der Waals surface area contributed by atoms with Crippen LogP contribution in [0.5, 0.6) is 0 Å². The molecular formula is C18H24FN. The maximum Gasteiger partial charge on any atom is 0.123 e. The van der Waals surface area contributed by atoms with Crippen LogP contribution < -0.4 is 5.32 Å². The van der Waals surface area contributed by atoms with Gasteiger partial charge >= 0.3 is 0 Å². The van der Waals surface area contributed by atoms with Crippen LogP contribution in [0.2, 0.25) is 0 Å². The Morgan fingerprint density at radius 3 is 2.65 bits per heavy atom. The van der Waals surface area contributed by atoms with Gasteiger partial charge in [0.1, 0.15) is 5.82 Å². The Kier molecular flexibility index (Phi) is 3.10. The van der Waals surface area contributed by atoms with Gasteiger partial charge in [-0.3, -0.25) is 0 Å². The van der Waals surface area contributed by atoms with Crippen molar-refractivity contribution in [1.82, 2.24) is 5.32 Å². The molecule has 5 unspecified atom stereocenters. The minimum Gasteiger partial charge on any atom is -0.314 e. The molecule has 0 amide bonds. The predicted molar refractivity (Wildman–Crippen MR) is 78.9 cm³/mol. The molecule has 0 aromatic heterocycles. The molecule has 1 nitrogen and oxygen atoms in total. The zero-order valence-electron chi connectivity index (χ0n) is 12.2. The third-order valence-electron chi connectivity index (χ3n) is 6.07. The van der Waals surface area contributed by atoms with Gasteiger partial charge < -0.3 is 5.32 Å². The topological polar surface area (TPSA) is 12.0 Å². The van der Waals surface area contributed by atoms with Crippen molar-refractivity contribution in [3.05, 3.63) is 35.6 Å². The van der Waals surface area contributed by atoms with E-state index in [2.05, 4.69) is 18.3 Å². The molecule has 0 radical (unpaired) electrons. The van der Waals surface area contributed by atoms with Gasteiger partial charge in [-0.1, -0.05) is 19.1 Å². The molecule has 1 aromatic rings. The highest BCUT2D eigenvalue weighted by Crippen LogP contribution is 2.70. The largest absolute Gasteiger partial charge is 0.314 e. The van der Waals surface area contributed by atoms with Crippen LogP contribution in [0, 0.1) is 35.4 Å². The van der Waals surface area contributed by atoms with E-state index in [-0.39, 0.29) is 5.82 Å². The Bertz CT molecular complexity index is 484. The number of nitrogens with one attached hydrogen (secondary N) is 1. The Morgan fingerprint density at radius 1 is 1.25 bits per heavy atom. The highest BCUT2D eigenvalue weighted by atomic mass is 19.1. The standard InChI is InChI=1S/C18H24FN/c1-2-20-15(9-11-4-3-5-14(19)8-11)18-16-12-6-7-13(10-12)17(16)18/h3-5,8,12-13,15-18,20H,2,6-7,9-10H2,1H3. The van der Waals surface area contributed by atoms with Gasteiger partial charge in [-0.05, 0) is 79.5 Å². The second kappa shape index (κ2) is 4.84. The van der Waals surface area contributed by atoms with Crippen LogP contribution in [0.3, 0.4) is 0 Å². The van der Waals surface area contributed by atoms with Gasteiger partial charge in [0.25, 0.3) is 0 Å².